The first-order valence-electron chi connectivity index (χ1n) is 35.1. The molecule has 0 unspecified atom stereocenters. The van der Waals surface area contributed by atoms with E-state index in [4.69, 9.17) is 52.7 Å². The lowest BCUT2D eigenvalue weighted by molar-refractivity contribution is -0.116. The van der Waals surface area contributed by atoms with Gasteiger partial charge in [-0.1, -0.05) is 58.4 Å². The summed E-state index contributed by atoms with van der Waals surface area (Å²) < 4.78 is 5.49. The topological polar surface area (TPSA) is 336 Å². The number of morpholine rings is 1. The number of H-pyrrole nitrogens is 2. The number of hydrogen-bond acceptors (Lipinski definition) is 24. The van der Waals surface area contributed by atoms with Crippen LogP contribution in [0.25, 0.3) is 0 Å². The number of carbonyl (C=O) groups is 3. The van der Waals surface area contributed by atoms with Crippen LogP contribution < -0.4 is 52.8 Å². The van der Waals surface area contributed by atoms with E-state index in [1.54, 1.807) is 30.3 Å². The molecule has 5 aliphatic heterocycles. The number of aryl methyl sites for hydroxylation is 2. The van der Waals surface area contributed by atoms with Crippen LogP contribution in [0.5, 0.6) is 0 Å². The van der Waals surface area contributed by atoms with Gasteiger partial charge in [0.25, 0.3) is 5.91 Å². The van der Waals surface area contributed by atoms with Crippen LogP contribution in [0.15, 0.2) is 174 Å². The first-order chi connectivity index (χ1) is 50.7. The van der Waals surface area contributed by atoms with E-state index < -0.39 is 0 Å². The van der Waals surface area contributed by atoms with Gasteiger partial charge in [-0.3, -0.25) is 34.4 Å². The van der Waals surface area contributed by atoms with E-state index in [1.165, 1.54) is 54.8 Å². The van der Waals surface area contributed by atoms with Gasteiger partial charge in [0.05, 0.1) is 23.8 Å². The molecule has 560 valence electrons. The third-order valence-electron chi connectivity index (χ3n) is 17.7. The molecule has 0 atom stereocenters. The third-order valence-corrected chi connectivity index (χ3v) is 20.6. The highest BCUT2D eigenvalue weighted by Gasteiger charge is 2.36. The van der Waals surface area contributed by atoms with Gasteiger partial charge in [0, 0.05) is 170 Å². The number of nitrogens with one attached hydrogen (secondary N) is 7. The maximum atomic E-state index is 12.5. The molecule has 5 saturated heterocycles. The summed E-state index contributed by atoms with van der Waals surface area (Å²) >= 11 is 10.5. The number of rotatable bonds is 23. The molecule has 0 aliphatic carbocycles. The normalized spacial score (nSPS) is 15.7. The predicted octanol–water partition coefficient (Wildman–Crippen LogP) is 14.0. The van der Waals surface area contributed by atoms with Crippen molar-refractivity contribution in [1.82, 2.24) is 60.1 Å². The molecule has 11 N–H and O–H groups in total. The summed E-state index contributed by atoms with van der Waals surface area (Å²) in [6.07, 6.45) is 5.01. The number of amidine groups is 1. The molecule has 105 heavy (non-hydrogen) atoms. The number of aliphatic imine (C=N–C) groups is 1. The van der Waals surface area contributed by atoms with E-state index in [-0.39, 0.29) is 37.5 Å². The minimum Gasteiger partial charge on any atom is -0.401 e. The fourth-order valence-corrected chi connectivity index (χ4v) is 13.7. The third kappa shape index (κ3) is 21.0. The lowest BCUT2D eigenvalue weighted by atomic mass is 9.92. The number of halogens is 1. The number of carbonyl (C=O) groups excluding carboxylic acids is 3. The Labute approximate surface area is 637 Å². The molecule has 10 heterocycles. The standard InChI is InChI=1S/C27H30ClN7OS.C24H30N8O2S.C23H28N8OS.6H2/c1-27(2,3)21(29)15-22(30)32-23-16-24(35-13-6-14-35)34-26(33-23)37-18-11-9-17(10-12-18)31-25(36)19-7-4-5-8-20(19)28;1-3-23(33)25-17-4-6-19(7-5-17)35-24-27-20(26-21-12-16(2)29-30-21)13-22(28-24)32-14-18(15-32)31-8-10-34-11-9-31;1-3-22(32)24-16-5-7-18(8-6-16)33-23-26-19(25-20-11-15(2)28-29-20)12-21(27-23)31-13-17(14-31)30-9-4-10-30;;;;;;/h4-5,7-12,15-16H,6,13-14,29H2,1-3H3,(H,31,36)(H2,30,32,33,34);4-7,12-13,18H,3,8-11,14-15H2,1-2H3,(H,25,33)(H2,26,27,28,29,30);5-8,11-12,17H,3-4,9-10,13-14H2,1-2H3,(H,24,32)(H2,25,26,27,28,29);6*1H/b21-15-;;;;;;;;. The maximum absolute atomic E-state index is 12.5. The van der Waals surface area contributed by atoms with Crippen LogP contribution >= 0.6 is 46.9 Å². The summed E-state index contributed by atoms with van der Waals surface area (Å²) in [5.41, 5.74) is 17.3. The van der Waals surface area contributed by atoms with E-state index in [0.717, 1.165) is 133 Å². The molecule has 4 aromatic carbocycles. The highest BCUT2D eigenvalue weighted by Crippen LogP contribution is 2.36. The van der Waals surface area contributed by atoms with Crippen molar-refractivity contribution in [2.75, 3.05) is 120 Å². The van der Waals surface area contributed by atoms with Gasteiger partial charge in [-0.15, -0.1) is 0 Å². The van der Waals surface area contributed by atoms with Crippen molar-refractivity contribution in [3.05, 3.63) is 161 Å². The Balaban J connectivity index is 0.000000253. The van der Waals surface area contributed by atoms with Gasteiger partial charge >= 0.3 is 0 Å². The van der Waals surface area contributed by atoms with E-state index in [2.05, 4.69) is 81.5 Å². The molecule has 5 aromatic heterocycles. The molecule has 0 bridgehead atoms. The second-order valence-electron chi connectivity index (χ2n) is 26.8. The molecule has 5 fully saturated rings. The molecule has 3 amide bonds. The number of hydrogen-bond donors (Lipinski definition) is 9. The lowest BCUT2D eigenvalue weighted by Gasteiger charge is -2.49. The fourth-order valence-electron chi connectivity index (χ4n) is 11.2. The Kier molecular flexibility index (Phi) is 24.9. The summed E-state index contributed by atoms with van der Waals surface area (Å²) in [5, 5.41) is 31.9. The lowest BCUT2D eigenvalue weighted by Crippen LogP contribution is -2.63. The zero-order valence-electron chi connectivity index (χ0n) is 59.8. The van der Waals surface area contributed by atoms with Gasteiger partial charge in [0.1, 0.15) is 34.9 Å². The van der Waals surface area contributed by atoms with Crippen molar-refractivity contribution < 1.29 is 27.7 Å². The first kappa shape index (κ1) is 74.9. The van der Waals surface area contributed by atoms with Crippen molar-refractivity contribution >= 4 is 134 Å². The molecular weight excluding hydrogens is 1410 g/mol. The monoisotopic (exact) mass is 1510 g/mol. The Bertz CT molecular complexity index is 4560. The minimum absolute atomic E-state index is 0. The second kappa shape index (κ2) is 34.8. The summed E-state index contributed by atoms with van der Waals surface area (Å²) in [6, 6.07) is 40.7. The summed E-state index contributed by atoms with van der Waals surface area (Å²) in [6.45, 7) is 25.4. The number of aromatic nitrogens is 10. The van der Waals surface area contributed by atoms with Crippen molar-refractivity contribution in [3.8, 4) is 0 Å². The molecule has 5 aliphatic rings. The smallest absolute Gasteiger partial charge is 0.257 e. The van der Waals surface area contributed by atoms with Gasteiger partial charge in [0.2, 0.25) is 11.8 Å². The molecule has 9 aromatic rings. The predicted molar refractivity (Wildman–Crippen MR) is 431 cm³/mol. The number of nitrogens with zero attached hydrogens (tertiary/aromatic N) is 14. The van der Waals surface area contributed by atoms with Gasteiger partial charge in [0.15, 0.2) is 32.9 Å². The van der Waals surface area contributed by atoms with Crippen LogP contribution in [0, 0.1) is 19.3 Å². The number of nitrogens with two attached hydrogens (primary N) is 2. The van der Waals surface area contributed by atoms with Crippen LogP contribution in [-0.2, 0) is 14.3 Å². The van der Waals surface area contributed by atoms with Crippen molar-refractivity contribution in [2.24, 2.45) is 21.9 Å². The van der Waals surface area contributed by atoms with Gasteiger partial charge in [-0.05, 0) is 166 Å². The number of benzene rings is 4. The number of allylic oxidation sites excluding steroid dienone is 1. The molecular formula is C74H100ClN23O4S3. The SMILES string of the molecule is CC(C)(C)/C(N)=C/C(N)=Nc1cc(N2CCC2)nc(Sc2ccc(NC(=O)c3ccccc3Cl)cc2)n1.CCC(=O)Nc1ccc(Sc2nc(Nc3cc(C)[nH]n3)cc(N3CC(N4CCC4)C3)n2)cc1.CCC(=O)Nc1ccc(Sc2nc(Nc3cc(C)[nH]n3)cc(N3CC(N4CCOCC4)C3)n2)cc1.[HH].[HH].[HH].[HH].[HH].[HH]. The number of ether oxygens (including phenoxy) is 1. The molecule has 27 nitrogen and oxygen atoms in total. The Morgan fingerprint density at radius 3 is 1.42 bits per heavy atom. The van der Waals surface area contributed by atoms with Gasteiger partial charge in [-0.25, -0.2) is 34.9 Å². The zero-order chi connectivity index (χ0) is 73.6. The summed E-state index contributed by atoms with van der Waals surface area (Å²) in [7, 11) is 0. The molecule has 31 heteroatoms. The maximum Gasteiger partial charge on any atom is 0.257 e. The van der Waals surface area contributed by atoms with E-state index in [1.807, 2.05) is 152 Å². The van der Waals surface area contributed by atoms with E-state index in [9.17, 15) is 14.4 Å². The minimum atomic E-state index is -0.266. The van der Waals surface area contributed by atoms with Crippen LogP contribution in [0.2, 0.25) is 5.02 Å². The van der Waals surface area contributed by atoms with Crippen molar-refractivity contribution in [3.63, 3.8) is 0 Å². The molecule has 0 spiro atoms. The Morgan fingerprint density at radius 1 is 0.571 bits per heavy atom. The van der Waals surface area contributed by atoms with Crippen LogP contribution in [0.1, 0.15) is 90.6 Å². The average Bonchev–Trinajstić information content (AvgIpc) is 1.16. The summed E-state index contributed by atoms with van der Waals surface area (Å²) in [5.74, 6) is 5.98. The Hall–Kier alpha value is -9.82. The van der Waals surface area contributed by atoms with Gasteiger partial charge in [-0.2, -0.15) is 10.2 Å². The number of amides is 3. The number of aromatic amines is 2. The van der Waals surface area contributed by atoms with Crippen molar-refractivity contribution in [2.45, 2.75) is 116 Å². The Morgan fingerprint density at radius 2 is 1.01 bits per heavy atom. The van der Waals surface area contributed by atoms with Crippen LogP contribution in [0.3, 0.4) is 0 Å². The quantitative estimate of drug-likeness (QED) is 0.0163. The van der Waals surface area contributed by atoms with Gasteiger partial charge < -0.3 is 57.5 Å². The molecule has 14 rings (SSSR count). The highest BCUT2D eigenvalue weighted by atomic mass is 35.5. The summed E-state index contributed by atoms with van der Waals surface area (Å²) in [4.78, 5) is 83.5. The molecule has 0 saturated carbocycles. The van der Waals surface area contributed by atoms with Crippen LogP contribution in [-0.4, -0.2) is 174 Å². The average molecular weight is 1510 g/mol. The molecule has 0 radical (unpaired) electrons. The largest absolute Gasteiger partial charge is 0.401 e. The van der Waals surface area contributed by atoms with E-state index in [0.29, 0.717) is 85.6 Å². The first-order valence-corrected chi connectivity index (χ1v) is 37.9. The number of likely N-dealkylation sites (tertiary alicyclic amines) is 1. The van der Waals surface area contributed by atoms with Crippen LogP contribution in [0.4, 0.5) is 63.6 Å². The van der Waals surface area contributed by atoms with E-state index >= 15 is 0 Å². The van der Waals surface area contributed by atoms with Crippen molar-refractivity contribution in [1.29, 1.82) is 0 Å². The fraction of sp³-hybridized carbons (Fsp3) is 0.351. The zero-order valence-corrected chi connectivity index (χ0v) is 63.0. The number of anilines is 10. The second-order valence-corrected chi connectivity index (χ2v) is 30.3. The highest BCUT2D eigenvalue weighted by molar-refractivity contribution is 7.99.